The van der Waals surface area contributed by atoms with Crippen molar-refractivity contribution in [2.75, 3.05) is 38.5 Å². The fourth-order valence-electron chi connectivity index (χ4n) is 2.74. The number of hydrogen-bond donors (Lipinski definition) is 6. The first kappa shape index (κ1) is 25.5. The molecule has 1 atom stereocenters. The van der Waals surface area contributed by atoms with E-state index in [-0.39, 0.29) is 19.4 Å². The lowest BCUT2D eigenvalue weighted by molar-refractivity contribution is -0.136. The highest BCUT2D eigenvalue weighted by molar-refractivity contribution is 7.89. The second kappa shape index (κ2) is 13.0. The van der Waals surface area contributed by atoms with Crippen molar-refractivity contribution in [2.24, 2.45) is 4.99 Å². The van der Waals surface area contributed by atoms with E-state index in [1.807, 2.05) is 4.83 Å². The van der Waals surface area contributed by atoms with Gasteiger partial charge in [-0.2, -0.15) is 4.83 Å². The molecule has 6 N–H and O–H groups in total. The number of rotatable bonds is 14. The van der Waals surface area contributed by atoms with Crippen molar-refractivity contribution in [1.82, 2.24) is 20.9 Å². The van der Waals surface area contributed by atoms with Crippen LogP contribution in [0.1, 0.15) is 29.6 Å². The first-order valence-electron chi connectivity index (χ1n) is 10.2. The zero-order chi connectivity index (χ0) is 23.4. The van der Waals surface area contributed by atoms with Gasteiger partial charge in [0.25, 0.3) is 0 Å². The monoisotopic (exact) mass is 471 g/mol. The van der Waals surface area contributed by atoms with Crippen LogP contribution in [0.25, 0.3) is 0 Å². The Morgan fingerprint density at radius 2 is 1.97 bits per heavy atom. The van der Waals surface area contributed by atoms with Gasteiger partial charge in [0.1, 0.15) is 12.4 Å². The molecule has 1 heterocycles. The van der Waals surface area contributed by atoms with E-state index in [0.717, 1.165) is 25.5 Å². The molecular weight excluding hydrogens is 442 g/mol. The molecule has 0 aliphatic carbocycles. The minimum absolute atomic E-state index is 0.111. The lowest BCUT2D eigenvalue weighted by atomic mass is 10.1. The summed E-state index contributed by atoms with van der Waals surface area (Å²) >= 11 is 0. The quantitative estimate of drug-likeness (QED) is 0.110. The molecule has 0 fully saturated rings. The number of ether oxygens (including phenoxy) is 1. The van der Waals surface area contributed by atoms with Crippen LogP contribution in [0.5, 0.6) is 5.75 Å². The molecule has 0 radical (unpaired) electrons. The third-order valence-corrected chi connectivity index (χ3v) is 5.54. The molecule has 0 saturated carbocycles. The van der Waals surface area contributed by atoms with Crippen molar-refractivity contribution >= 4 is 27.7 Å². The minimum atomic E-state index is -3.93. The number of carbonyl (C=O) groups is 2. The summed E-state index contributed by atoms with van der Waals surface area (Å²) in [4.78, 5) is 28.9. The second-order valence-corrected chi connectivity index (χ2v) is 8.81. The van der Waals surface area contributed by atoms with Crippen molar-refractivity contribution in [3.63, 3.8) is 0 Å². The number of ketones is 1. The molecule has 0 saturated heterocycles. The van der Waals surface area contributed by atoms with Gasteiger partial charge in [0.15, 0.2) is 11.7 Å². The number of nitrogens with one attached hydrogen (secondary N) is 4. The van der Waals surface area contributed by atoms with Gasteiger partial charge < -0.3 is 25.6 Å². The molecule has 1 aromatic carbocycles. The Morgan fingerprint density at radius 1 is 1.22 bits per heavy atom. The molecular formula is C19H29N5O7S. The van der Waals surface area contributed by atoms with E-state index in [9.17, 15) is 23.1 Å². The first-order valence-corrected chi connectivity index (χ1v) is 11.8. The smallest absolute Gasteiger partial charge is 0.304 e. The van der Waals surface area contributed by atoms with Gasteiger partial charge in [-0.05, 0) is 30.7 Å². The van der Waals surface area contributed by atoms with Crippen molar-refractivity contribution in [3.8, 4) is 5.75 Å². The highest BCUT2D eigenvalue weighted by Crippen LogP contribution is 2.14. The summed E-state index contributed by atoms with van der Waals surface area (Å²) in [6.45, 7) is 2.54. The fourth-order valence-corrected chi connectivity index (χ4v) is 3.77. The zero-order valence-corrected chi connectivity index (χ0v) is 18.4. The molecule has 32 heavy (non-hydrogen) atoms. The maximum atomic E-state index is 12.3. The Morgan fingerprint density at radius 3 is 2.62 bits per heavy atom. The van der Waals surface area contributed by atoms with Crippen LogP contribution in [0.15, 0.2) is 29.3 Å². The van der Waals surface area contributed by atoms with Gasteiger partial charge >= 0.3 is 5.97 Å². The third kappa shape index (κ3) is 10.0. The Kier molecular flexibility index (Phi) is 10.3. The summed E-state index contributed by atoms with van der Waals surface area (Å²) in [5.41, 5.74) is 2.57. The molecule has 2 rings (SSSR count). The number of sulfonamides is 1. The van der Waals surface area contributed by atoms with Gasteiger partial charge in [0.05, 0.1) is 24.8 Å². The average Bonchev–Trinajstić information content (AvgIpc) is 2.75. The predicted octanol–water partition coefficient (Wildman–Crippen LogP) is -1.16. The molecule has 0 bridgehead atoms. The van der Waals surface area contributed by atoms with E-state index < -0.39 is 33.6 Å². The summed E-state index contributed by atoms with van der Waals surface area (Å²) in [6.07, 6.45) is -1.05. The Labute approximate surface area is 186 Å². The molecule has 12 nitrogen and oxygen atoms in total. The largest absolute Gasteiger partial charge is 0.492 e. The number of hydrogen-bond acceptors (Lipinski definition) is 10. The predicted molar refractivity (Wildman–Crippen MR) is 117 cm³/mol. The van der Waals surface area contributed by atoms with E-state index in [0.29, 0.717) is 24.5 Å². The van der Waals surface area contributed by atoms with Crippen LogP contribution in [0.3, 0.4) is 0 Å². The van der Waals surface area contributed by atoms with Crippen LogP contribution in [0.2, 0.25) is 0 Å². The van der Waals surface area contributed by atoms with Crippen molar-refractivity contribution in [1.29, 1.82) is 0 Å². The molecule has 13 heteroatoms. The number of hydrazine groups is 1. The number of aliphatic hydroxyl groups is 1. The summed E-state index contributed by atoms with van der Waals surface area (Å²) in [5.74, 6) is -0.870. The molecule has 1 aromatic rings. The number of aliphatic imine (C=N–C) groups is 1. The highest BCUT2D eigenvalue weighted by atomic mass is 32.2. The Balaban J connectivity index is 1.70. The standard InChI is InChI=1S/C19H29N5O7S/c25-15(13-32(29,30)24-23-9-6-18(27)28)12-17(26)14-2-4-16(5-3-14)31-11-10-22-19-20-7-1-8-21-19/h2-5,15,23-25H,1,6-13H2,(H,27,28)(H2,20,21,22). The van der Waals surface area contributed by atoms with Crippen LogP contribution in [0, 0.1) is 0 Å². The van der Waals surface area contributed by atoms with Gasteiger partial charge in [-0.25, -0.2) is 13.8 Å². The number of aliphatic carboxylic acids is 1. The maximum Gasteiger partial charge on any atom is 0.304 e. The minimum Gasteiger partial charge on any atom is -0.492 e. The van der Waals surface area contributed by atoms with Crippen LogP contribution >= 0.6 is 0 Å². The number of guanidine groups is 1. The third-order valence-electron chi connectivity index (χ3n) is 4.26. The van der Waals surface area contributed by atoms with Crippen molar-refractivity contribution < 1.29 is 33.0 Å². The molecule has 1 aliphatic rings. The SMILES string of the molecule is O=C(O)CCNNS(=O)(=O)CC(O)CC(=O)c1ccc(OCCNC2=NCCCN2)cc1. The average molecular weight is 472 g/mol. The van der Waals surface area contributed by atoms with Crippen molar-refractivity contribution in [3.05, 3.63) is 29.8 Å². The molecule has 0 spiro atoms. The number of nitrogens with zero attached hydrogens (tertiary/aromatic N) is 1. The normalized spacial score (nSPS) is 14.7. The van der Waals surface area contributed by atoms with Crippen LogP contribution in [-0.4, -0.2) is 81.0 Å². The van der Waals surface area contributed by atoms with Gasteiger partial charge in [-0.1, -0.05) is 0 Å². The highest BCUT2D eigenvalue weighted by Gasteiger charge is 2.20. The van der Waals surface area contributed by atoms with Gasteiger partial charge in [-0.15, -0.1) is 0 Å². The van der Waals surface area contributed by atoms with E-state index in [2.05, 4.69) is 21.1 Å². The second-order valence-electron chi connectivity index (χ2n) is 7.05. The number of Topliss-reactive ketones (excluding diaryl/α,β-unsaturated/α-hetero) is 1. The summed E-state index contributed by atoms with van der Waals surface area (Å²) in [7, 11) is -3.93. The summed E-state index contributed by atoms with van der Waals surface area (Å²) in [6, 6.07) is 6.34. The Hall–Kier alpha value is -2.74. The van der Waals surface area contributed by atoms with Crippen LogP contribution in [0.4, 0.5) is 0 Å². The van der Waals surface area contributed by atoms with Gasteiger partial charge in [0, 0.05) is 31.6 Å². The van der Waals surface area contributed by atoms with E-state index in [1.165, 1.54) is 0 Å². The molecule has 1 unspecified atom stereocenters. The lowest BCUT2D eigenvalue weighted by Gasteiger charge is -2.16. The number of benzene rings is 1. The topological polar surface area (TPSA) is 178 Å². The summed E-state index contributed by atoms with van der Waals surface area (Å²) in [5, 5.41) is 24.7. The first-order chi connectivity index (χ1) is 15.2. The number of carboxylic acid groups (broad SMARTS) is 1. The van der Waals surface area contributed by atoms with E-state index in [1.54, 1.807) is 24.3 Å². The zero-order valence-electron chi connectivity index (χ0n) is 17.5. The van der Waals surface area contributed by atoms with Crippen LogP contribution < -0.4 is 25.6 Å². The lowest BCUT2D eigenvalue weighted by Crippen LogP contribution is -2.42. The number of carbonyl (C=O) groups excluding carboxylic acids is 1. The Bertz CT molecular complexity index is 890. The van der Waals surface area contributed by atoms with E-state index >= 15 is 0 Å². The summed E-state index contributed by atoms with van der Waals surface area (Å²) < 4.78 is 29.3. The van der Waals surface area contributed by atoms with Crippen LogP contribution in [-0.2, 0) is 14.8 Å². The number of carboxylic acids is 1. The van der Waals surface area contributed by atoms with Gasteiger partial charge in [0.2, 0.25) is 10.0 Å². The van der Waals surface area contributed by atoms with Gasteiger partial charge in [-0.3, -0.25) is 14.6 Å². The molecule has 1 aliphatic heterocycles. The molecule has 0 aromatic heterocycles. The van der Waals surface area contributed by atoms with E-state index in [4.69, 9.17) is 9.84 Å². The maximum absolute atomic E-state index is 12.3. The number of aliphatic hydroxyl groups excluding tert-OH is 1. The van der Waals surface area contributed by atoms with Crippen molar-refractivity contribution in [2.45, 2.75) is 25.4 Å². The molecule has 178 valence electrons. The molecule has 0 amide bonds. The fraction of sp³-hybridized carbons (Fsp3) is 0.526.